The number of allylic oxidation sites excluding steroid dienone is 2. The van der Waals surface area contributed by atoms with Gasteiger partial charge in [-0.15, -0.1) is 0 Å². The van der Waals surface area contributed by atoms with Crippen molar-refractivity contribution < 1.29 is 19.9 Å². The molecule has 5 aliphatic carbocycles. The van der Waals surface area contributed by atoms with Crippen molar-refractivity contribution in [2.45, 2.75) is 106 Å². The van der Waals surface area contributed by atoms with Gasteiger partial charge in [0, 0.05) is 11.3 Å². The van der Waals surface area contributed by atoms with Crippen LogP contribution in [-0.4, -0.2) is 27.8 Å². The molecule has 5 nitrogen and oxygen atoms in total. The smallest absolute Gasteiger partial charge is 0.309 e. The van der Waals surface area contributed by atoms with Gasteiger partial charge in [0.25, 0.3) is 0 Å². The van der Waals surface area contributed by atoms with Gasteiger partial charge in [0.2, 0.25) is 0 Å². The summed E-state index contributed by atoms with van der Waals surface area (Å²) in [6.45, 7) is 15.8. The first-order valence-electron chi connectivity index (χ1n) is 13.8. The minimum Gasteiger partial charge on any atom is -0.481 e. The van der Waals surface area contributed by atoms with Gasteiger partial charge >= 0.3 is 5.97 Å². The number of carboxylic acid groups (broad SMARTS) is 1. The van der Waals surface area contributed by atoms with Gasteiger partial charge in [0.15, 0.2) is 5.78 Å². The molecule has 0 aromatic carbocycles. The predicted molar refractivity (Wildman–Crippen MR) is 136 cm³/mol. The second-order valence-electron chi connectivity index (χ2n) is 14.8. The van der Waals surface area contributed by atoms with E-state index in [4.69, 9.17) is 0 Å². The fourth-order valence-corrected chi connectivity index (χ4v) is 10.4. The molecule has 0 bridgehead atoms. The third kappa shape index (κ3) is 2.96. The number of rotatable bonds is 1. The summed E-state index contributed by atoms with van der Waals surface area (Å²) >= 11 is 0. The molecule has 0 radical (unpaired) electrons. The molecule has 0 aromatic rings. The molecular formula is C30H45NO4. The molecule has 5 rings (SSSR count). The molecule has 4 saturated carbocycles. The van der Waals surface area contributed by atoms with E-state index >= 15 is 0 Å². The zero-order valence-electron chi connectivity index (χ0n) is 22.8. The monoisotopic (exact) mass is 483 g/mol. The van der Waals surface area contributed by atoms with Crippen LogP contribution >= 0.6 is 0 Å². The average molecular weight is 484 g/mol. The minimum atomic E-state index is -0.721. The van der Waals surface area contributed by atoms with Crippen molar-refractivity contribution in [2.75, 3.05) is 0 Å². The zero-order valence-corrected chi connectivity index (χ0v) is 22.8. The van der Waals surface area contributed by atoms with E-state index in [1.54, 1.807) is 0 Å². The van der Waals surface area contributed by atoms with E-state index in [0.717, 1.165) is 57.1 Å². The molecule has 35 heavy (non-hydrogen) atoms. The summed E-state index contributed by atoms with van der Waals surface area (Å²) in [5, 5.41) is 23.5. The van der Waals surface area contributed by atoms with Crippen molar-refractivity contribution >= 4 is 17.5 Å². The summed E-state index contributed by atoms with van der Waals surface area (Å²) in [5.41, 5.74) is 0.861. The molecule has 4 fully saturated rings. The number of carbonyl (C=O) groups is 2. The van der Waals surface area contributed by atoms with Gasteiger partial charge in [-0.05, 0) is 104 Å². The molecule has 194 valence electrons. The quantitative estimate of drug-likeness (QED) is 0.314. The van der Waals surface area contributed by atoms with Crippen LogP contribution in [0.4, 0.5) is 0 Å². The van der Waals surface area contributed by atoms with Crippen LogP contribution in [0.2, 0.25) is 0 Å². The van der Waals surface area contributed by atoms with Gasteiger partial charge in [-0.25, -0.2) is 0 Å². The van der Waals surface area contributed by atoms with Crippen molar-refractivity contribution in [3.63, 3.8) is 0 Å². The lowest BCUT2D eigenvalue weighted by Gasteiger charge is -2.70. The van der Waals surface area contributed by atoms with Crippen LogP contribution in [0, 0.1) is 50.2 Å². The van der Waals surface area contributed by atoms with Crippen molar-refractivity contribution in [2.24, 2.45) is 55.4 Å². The zero-order chi connectivity index (χ0) is 25.8. The molecule has 0 amide bonds. The Balaban J connectivity index is 1.62. The van der Waals surface area contributed by atoms with E-state index in [-0.39, 0.29) is 44.7 Å². The van der Waals surface area contributed by atoms with Crippen LogP contribution in [0.1, 0.15) is 106 Å². The number of aliphatic carboxylic acids is 1. The highest BCUT2D eigenvalue weighted by Crippen LogP contribution is 2.74. The maximum absolute atomic E-state index is 14.3. The van der Waals surface area contributed by atoms with E-state index in [1.807, 2.05) is 13.0 Å². The van der Waals surface area contributed by atoms with Gasteiger partial charge in [-0.3, -0.25) is 9.59 Å². The highest BCUT2D eigenvalue weighted by molar-refractivity contribution is 5.97. The molecule has 0 aromatic heterocycles. The summed E-state index contributed by atoms with van der Waals surface area (Å²) < 4.78 is 0. The summed E-state index contributed by atoms with van der Waals surface area (Å²) in [4.78, 5) is 26.5. The standard InChI is InChI=1S/C30H45NO4/c1-25(2)21-8-11-30(7)23(28(21,5)10-9-22(25)31-35)20(32)16-18-19-17-27(4,24(33)34)13-12-26(19,3)14-15-29(18,30)6/h16,19,21,23,35H,8-15,17H2,1-7H3,(H,33,34)/t19-,21?,23+,26+,27-,28-,29+,30+/m0/s1. The van der Waals surface area contributed by atoms with Crippen LogP contribution in [-0.2, 0) is 9.59 Å². The van der Waals surface area contributed by atoms with Gasteiger partial charge < -0.3 is 10.3 Å². The largest absolute Gasteiger partial charge is 0.481 e. The Hall–Kier alpha value is -1.65. The maximum Gasteiger partial charge on any atom is 0.309 e. The number of hydrogen-bond acceptors (Lipinski definition) is 4. The van der Waals surface area contributed by atoms with Crippen LogP contribution < -0.4 is 0 Å². The predicted octanol–water partition coefficient (Wildman–Crippen LogP) is 6.88. The van der Waals surface area contributed by atoms with E-state index in [9.17, 15) is 19.9 Å². The number of hydrogen-bond donors (Lipinski definition) is 2. The Labute approximate surface area is 210 Å². The van der Waals surface area contributed by atoms with Gasteiger partial charge in [0.1, 0.15) is 0 Å². The van der Waals surface area contributed by atoms with Crippen LogP contribution in [0.15, 0.2) is 16.8 Å². The molecule has 0 aliphatic heterocycles. The number of nitrogens with zero attached hydrogens (tertiary/aromatic N) is 1. The Morgan fingerprint density at radius 2 is 1.63 bits per heavy atom. The molecule has 5 heteroatoms. The summed E-state index contributed by atoms with van der Waals surface area (Å²) in [7, 11) is 0. The topological polar surface area (TPSA) is 87.0 Å². The fraction of sp³-hybridized carbons (Fsp3) is 0.833. The van der Waals surface area contributed by atoms with Crippen LogP contribution in [0.3, 0.4) is 0 Å². The minimum absolute atomic E-state index is 0.0548. The highest BCUT2D eigenvalue weighted by atomic mass is 16.4. The molecule has 0 heterocycles. The number of carboxylic acids is 1. The third-order valence-electron chi connectivity index (χ3n) is 13.0. The summed E-state index contributed by atoms with van der Waals surface area (Å²) in [5.74, 6) is -0.0363. The normalized spacial score (nSPS) is 52.0. The first-order chi connectivity index (χ1) is 16.1. The Bertz CT molecular complexity index is 1040. The Morgan fingerprint density at radius 3 is 2.26 bits per heavy atom. The first kappa shape index (κ1) is 25.0. The SMILES string of the molecule is CC1(C)C(=NO)CC[C@@]2(C)C1CC[C@]1(C)[C@@H]2C(=O)C=C2[C@@H]3C[C@@](C)(C(=O)O)CC[C@]3(C)CC[C@]21C. The van der Waals surface area contributed by atoms with Crippen LogP contribution in [0.25, 0.3) is 0 Å². The number of carbonyl (C=O) groups excluding carboxylic acids is 1. The number of oxime groups is 1. The van der Waals surface area contributed by atoms with Gasteiger partial charge in [-0.1, -0.05) is 52.3 Å². The molecule has 1 unspecified atom stereocenters. The van der Waals surface area contributed by atoms with Crippen molar-refractivity contribution in [3.05, 3.63) is 11.6 Å². The maximum atomic E-state index is 14.3. The van der Waals surface area contributed by atoms with E-state index in [0.29, 0.717) is 12.3 Å². The Morgan fingerprint density at radius 1 is 0.971 bits per heavy atom. The van der Waals surface area contributed by atoms with Crippen molar-refractivity contribution in [1.29, 1.82) is 0 Å². The number of fused-ring (bicyclic) bond motifs is 7. The van der Waals surface area contributed by atoms with Crippen molar-refractivity contribution in [1.82, 2.24) is 0 Å². The Kier molecular flexibility index (Phi) is 5.16. The van der Waals surface area contributed by atoms with E-state index < -0.39 is 11.4 Å². The fourth-order valence-electron chi connectivity index (χ4n) is 10.4. The lowest BCUT2D eigenvalue weighted by Crippen LogP contribution is -2.66. The van der Waals surface area contributed by atoms with Gasteiger partial charge in [-0.2, -0.15) is 0 Å². The highest BCUT2D eigenvalue weighted by Gasteiger charge is 2.70. The average Bonchev–Trinajstić information content (AvgIpc) is 2.76. The summed E-state index contributed by atoms with van der Waals surface area (Å²) in [6.07, 6.45) is 10.1. The molecule has 5 aliphatic rings. The molecule has 2 N–H and O–H groups in total. The second-order valence-corrected chi connectivity index (χ2v) is 14.8. The van der Waals surface area contributed by atoms with Crippen molar-refractivity contribution in [3.8, 4) is 0 Å². The second kappa shape index (κ2) is 7.22. The van der Waals surface area contributed by atoms with E-state index in [1.165, 1.54) is 5.57 Å². The molecular weight excluding hydrogens is 438 g/mol. The lowest BCUT2D eigenvalue weighted by molar-refractivity contribution is -0.176. The first-order valence-corrected chi connectivity index (χ1v) is 13.8. The molecule has 8 atom stereocenters. The molecule has 0 spiro atoms. The van der Waals surface area contributed by atoms with Gasteiger partial charge in [0.05, 0.1) is 11.1 Å². The third-order valence-corrected chi connectivity index (χ3v) is 13.0. The van der Waals surface area contributed by atoms with Crippen LogP contribution in [0.5, 0.6) is 0 Å². The van der Waals surface area contributed by atoms with E-state index in [2.05, 4.69) is 46.7 Å². The summed E-state index contributed by atoms with van der Waals surface area (Å²) in [6, 6.07) is 0. The molecule has 0 saturated heterocycles. The lowest BCUT2D eigenvalue weighted by atomic mass is 9.33. The number of ketones is 1.